The van der Waals surface area contributed by atoms with Gasteiger partial charge in [0.05, 0.1) is 26.2 Å². The number of ether oxygens (including phenoxy) is 2. The third-order valence-corrected chi connectivity index (χ3v) is 1.52. The lowest BCUT2D eigenvalue weighted by Crippen LogP contribution is -2.16. The number of carboxylic acids is 1. The van der Waals surface area contributed by atoms with Crippen molar-refractivity contribution in [1.29, 1.82) is 0 Å². The number of aliphatic hydroxyl groups is 1. The number of ketones is 1. The van der Waals surface area contributed by atoms with Gasteiger partial charge < -0.3 is 19.7 Å². The molecule has 0 aliphatic rings. The van der Waals surface area contributed by atoms with Gasteiger partial charge in [0.2, 0.25) is 5.78 Å². The molecule has 0 amide bonds. The normalized spacial score (nSPS) is 9.81. The van der Waals surface area contributed by atoms with Crippen LogP contribution >= 0.6 is 0 Å². The number of aliphatic carboxylic acids is 1. The number of hydrogen-bond acceptors (Lipinski definition) is 6. The minimum Gasteiger partial charge on any atom is -0.476 e. The molecule has 0 radical (unpaired) electrons. The second kappa shape index (κ2) is 8.81. The minimum absolute atomic E-state index is 0.0140. The third kappa shape index (κ3) is 7.89. The molecule has 0 atom stereocenters. The van der Waals surface area contributed by atoms with Gasteiger partial charge in [-0.25, -0.2) is 4.79 Å². The number of rotatable bonds is 9. The van der Waals surface area contributed by atoms with Gasteiger partial charge in [0, 0.05) is 6.42 Å². The summed E-state index contributed by atoms with van der Waals surface area (Å²) in [5.74, 6) is -3.23. The van der Waals surface area contributed by atoms with Crippen LogP contribution in [0.5, 0.6) is 0 Å². The van der Waals surface area contributed by atoms with Gasteiger partial charge in [0.25, 0.3) is 0 Å². The predicted octanol–water partition coefficient (Wildman–Crippen LogP) is -1.03. The van der Waals surface area contributed by atoms with Gasteiger partial charge >= 0.3 is 11.9 Å². The minimum atomic E-state index is -1.56. The van der Waals surface area contributed by atoms with Crippen LogP contribution in [-0.2, 0) is 23.9 Å². The van der Waals surface area contributed by atoms with Crippen molar-refractivity contribution in [1.82, 2.24) is 0 Å². The van der Waals surface area contributed by atoms with Crippen molar-refractivity contribution in [2.75, 3.05) is 26.4 Å². The van der Waals surface area contributed by atoms with E-state index in [-0.39, 0.29) is 39.3 Å². The zero-order valence-corrected chi connectivity index (χ0v) is 8.68. The summed E-state index contributed by atoms with van der Waals surface area (Å²) in [6.07, 6.45) is -0.628. The molecule has 2 N–H and O–H groups in total. The Morgan fingerprint density at radius 3 is 2.25 bits per heavy atom. The van der Waals surface area contributed by atoms with Crippen LogP contribution in [0.15, 0.2) is 0 Å². The Bertz CT molecular complexity index is 248. The molecule has 0 bridgehead atoms. The van der Waals surface area contributed by atoms with Crippen LogP contribution in [-0.4, -0.2) is 54.4 Å². The molecule has 0 saturated heterocycles. The molecule has 0 aliphatic heterocycles. The van der Waals surface area contributed by atoms with Crippen molar-refractivity contribution < 1.29 is 34.1 Å². The van der Waals surface area contributed by atoms with E-state index in [1.165, 1.54) is 0 Å². The Kier molecular flexibility index (Phi) is 8.00. The highest BCUT2D eigenvalue weighted by Gasteiger charge is 2.13. The molecule has 7 heteroatoms. The van der Waals surface area contributed by atoms with Gasteiger partial charge in [0.1, 0.15) is 6.61 Å². The zero-order valence-electron chi connectivity index (χ0n) is 8.68. The van der Waals surface area contributed by atoms with Crippen molar-refractivity contribution in [3.8, 4) is 0 Å². The van der Waals surface area contributed by atoms with E-state index in [0.717, 1.165) is 0 Å². The van der Waals surface area contributed by atoms with Crippen LogP contribution in [0.4, 0.5) is 0 Å². The smallest absolute Gasteiger partial charge is 0.372 e. The Morgan fingerprint density at radius 1 is 1.00 bits per heavy atom. The van der Waals surface area contributed by atoms with Gasteiger partial charge in [-0.15, -0.1) is 0 Å². The molecule has 92 valence electrons. The van der Waals surface area contributed by atoms with Gasteiger partial charge in [-0.1, -0.05) is 0 Å². The number of carboxylic acid groups (broad SMARTS) is 1. The van der Waals surface area contributed by atoms with Crippen LogP contribution in [0.25, 0.3) is 0 Å². The topological polar surface area (TPSA) is 110 Å². The van der Waals surface area contributed by atoms with E-state index in [2.05, 4.69) is 4.74 Å². The quantitative estimate of drug-likeness (QED) is 0.298. The standard InChI is InChI=1S/C9H14O7/c10-3-4-15-5-6-16-8(12)2-1-7(11)9(13)14/h10H,1-6H2,(H,13,14). The molecule has 7 nitrogen and oxygen atoms in total. The van der Waals surface area contributed by atoms with E-state index in [4.69, 9.17) is 14.9 Å². The molecule has 0 fully saturated rings. The first-order valence-corrected chi connectivity index (χ1v) is 4.68. The average molecular weight is 234 g/mol. The number of hydrogen-bond donors (Lipinski definition) is 2. The predicted molar refractivity (Wildman–Crippen MR) is 50.7 cm³/mol. The largest absolute Gasteiger partial charge is 0.476 e. The van der Waals surface area contributed by atoms with Crippen molar-refractivity contribution in [2.24, 2.45) is 0 Å². The van der Waals surface area contributed by atoms with Crippen molar-refractivity contribution in [3.63, 3.8) is 0 Å². The fourth-order valence-corrected chi connectivity index (χ4v) is 0.776. The highest BCUT2D eigenvalue weighted by Crippen LogP contribution is 1.94. The molecular weight excluding hydrogens is 220 g/mol. The summed E-state index contributed by atoms with van der Waals surface area (Å²) in [5, 5.41) is 16.6. The highest BCUT2D eigenvalue weighted by molar-refractivity contribution is 6.32. The molecule has 0 spiro atoms. The summed E-state index contributed by atoms with van der Waals surface area (Å²) in [4.78, 5) is 31.6. The van der Waals surface area contributed by atoms with Crippen LogP contribution in [0.2, 0.25) is 0 Å². The van der Waals surface area contributed by atoms with Crippen LogP contribution in [0.1, 0.15) is 12.8 Å². The van der Waals surface area contributed by atoms with E-state index < -0.39 is 17.7 Å². The van der Waals surface area contributed by atoms with Crippen LogP contribution in [0.3, 0.4) is 0 Å². The van der Waals surface area contributed by atoms with Crippen LogP contribution in [0, 0.1) is 0 Å². The Hall–Kier alpha value is -1.47. The zero-order chi connectivity index (χ0) is 12.4. The van der Waals surface area contributed by atoms with E-state index in [1.54, 1.807) is 0 Å². The summed E-state index contributed by atoms with van der Waals surface area (Å²) in [7, 11) is 0. The number of carbonyl (C=O) groups is 3. The van der Waals surface area contributed by atoms with Gasteiger partial charge in [-0.3, -0.25) is 9.59 Å². The molecule has 0 unspecified atom stereocenters. The Balaban J connectivity index is 3.45. The number of esters is 1. The Morgan fingerprint density at radius 2 is 1.69 bits per heavy atom. The second-order valence-electron chi connectivity index (χ2n) is 2.78. The first-order chi connectivity index (χ1) is 7.57. The second-order valence-corrected chi connectivity index (χ2v) is 2.78. The van der Waals surface area contributed by atoms with Gasteiger partial charge in [0.15, 0.2) is 0 Å². The molecule has 0 heterocycles. The van der Waals surface area contributed by atoms with Crippen molar-refractivity contribution in [3.05, 3.63) is 0 Å². The summed E-state index contributed by atoms with van der Waals surface area (Å²) < 4.78 is 9.44. The molecule has 16 heavy (non-hydrogen) atoms. The molecule has 0 aliphatic carbocycles. The summed E-state index contributed by atoms with van der Waals surface area (Å²) in [6.45, 7) is 0.218. The van der Waals surface area contributed by atoms with Crippen molar-refractivity contribution in [2.45, 2.75) is 12.8 Å². The molecule has 0 aromatic rings. The maximum Gasteiger partial charge on any atom is 0.372 e. The molecular formula is C9H14O7. The first-order valence-electron chi connectivity index (χ1n) is 4.68. The summed E-state index contributed by atoms with van der Waals surface area (Å²) >= 11 is 0. The van der Waals surface area contributed by atoms with E-state index in [0.29, 0.717) is 0 Å². The fraction of sp³-hybridized carbons (Fsp3) is 0.667. The van der Waals surface area contributed by atoms with Gasteiger partial charge in [-0.05, 0) is 0 Å². The first kappa shape index (κ1) is 14.5. The van der Waals surface area contributed by atoms with E-state index in [9.17, 15) is 14.4 Å². The SMILES string of the molecule is O=C(CCC(=O)C(=O)O)OCCOCCO. The number of aliphatic hydroxyl groups excluding tert-OH is 1. The molecule has 0 aromatic carbocycles. The highest BCUT2D eigenvalue weighted by atomic mass is 16.6. The number of carbonyl (C=O) groups excluding carboxylic acids is 2. The average Bonchev–Trinajstić information content (AvgIpc) is 2.25. The van der Waals surface area contributed by atoms with Crippen LogP contribution < -0.4 is 0 Å². The lowest BCUT2D eigenvalue weighted by molar-refractivity contribution is -0.151. The number of Topliss-reactive ketones (excluding diaryl/α,β-unsaturated/α-hetero) is 1. The summed E-state index contributed by atoms with van der Waals surface area (Å²) in [5.41, 5.74) is 0. The molecule has 0 rings (SSSR count). The van der Waals surface area contributed by atoms with E-state index in [1.807, 2.05) is 0 Å². The monoisotopic (exact) mass is 234 g/mol. The molecule has 0 saturated carbocycles. The Labute approximate surface area is 92.0 Å². The third-order valence-electron chi connectivity index (χ3n) is 1.52. The van der Waals surface area contributed by atoms with Crippen molar-refractivity contribution >= 4 is 17.7 Å². The summed E-state index contributed by atoms with van der Waals surface area (Å²) in [6, 6.07) is 0. The van der Waals surface area contributed by atoms with Gasteiger partial charge in [-0.2, -0.15) is 0 Å². The lowest BCUT2D eigenvalue weighted by atomic mass is 10.2. The van der Waals surface area contributed by atoms with E-state index >= 15 is 0 Å². The lowest BCUT2D eigenvalue weighted by Gasteiger charge is -2.04. The molecule has 0 aromatic heterocycles. The maximum absolute atomic E-state index is 10.9. The fourth-order valence-electron chi connectivity index (χ4n) is 0.776. The maximum atomic E-state index is 10.9.